The van der Waals surface area contributed by atoms with Crippen molar-refractivity contribution in [3.8, 4) is 17.2 Å². The van der Waals surface area contributed by atoms with Crippen molar-refractivity contribution >= 4 is 0 Å². The van der Waals surface area contributed by atoms with Crippen molar-refractivity contribution in [1.82, 2.24) is 0 Å². The first kappa shape index (κ1) is 27.3. The summed E-state index contributed by atoms with van der Waals surface area (Å²) in [5, 5.41) is 0. The van der Waals surface area contributed by atoms with Gasteiger partial charge in [0.25, 0.3) is 0 Å². The molecule has 194 valence electrons. The summed E-state index contributed by atoms with van der Waals surface area (Å²) in [4.78, 5) is 0. The minimum absolute atomic E-state index is 0.00875. The summed E-state index contributed by atoms with van der Waals surface area (Å²) in [7, 11) is 0. The van der Waals surface area contributed by atoms with Crippen LogP contribution in [0.3, 0.4) is 0 Å². The van der Waals surface area contributed by atoms with Gasteiger partial charge in [-0.2, -0.15) is 0 Å². The summed E-state index contributed by atoms with van der Waals surface area (Å²) >= 11 is 0. The third-order valence-electron chi connectivity index (χ3n) is 5.40. The SMILES string of the molecule is C=COCCOc1ccc(C(c2ccc(OCCOC=C)cc2)c2ccc(OCCOC=C)cc2)cc1. The van der Waals surface area contributed by atoms with E-state index >= 15 is 0 Å². The lowest BCUT2D eigenvalue weighted by molar-refractivity contribution is 0.179. The molecule has 3 rings (SSSR count). The molecule has 3 aromatic rings. The molecule has 0 saturated heterocycles. The molecule has 0 saturated carbocycles. The third-order valence-corrected chi connectivity index (χ3v) is 5.40. The van der Waals surface area contributed by atoms with Crippen molar-refractivity contribution in [2.24, 2.45) is 0 Å². The van der Waals surface area contributed by atoms with Crippen LogP contribution < -0.4 is 14.2 Å². The van der Waals surface area contributed by atoms with Crippen LogP contribution in [-0.4, -0.2) is 39.6 Å². The van der Waals surface area contributed by atoms with E-state index in [1.165, 1.54) is 18.8 Å². The first-order chi connectivity index (χ1) is 18.2. The summed E-state index contributed by atoms with van der Waals surface area (Å²) in [5.41, 5.74) is 3.40. The summed E-state index contributed by atoms with van der Waals surface area (Å²) in [6.07, 6.45) is 4.23. The monoisotopic (exact) mass is 502 g/mol. The van der Waals surface area contributed by atoms with E-state index in [4.69, 9.17) is 28.4 Å². The van der Waals surface area contributed by atoms with Crippen LogP contribution in [0, 0.1) is 0 Å². The average molecular weight is 503 g/mol. The number of hydrogen-bond acceptors (Lipinski definition) is 6. The van der Waals surface area contributed by atoms with Gasteiger partial charge < -0.3 is 28.4 Å². The molecule has 6 heteroatoms. The highest BCUT2D eigenvalue weighted by molar-refractivity contribution is 5.46. The van der Waals surface area contributed by atoms with E-state index in [1.54, 1.807) is 0 Å². The zero-order chi connectivity index (χ0) is 26.1. The van der Waals surface area contributed by atoms with Gasteiger partial charge in [-0.25, -0.2) is 0 Å². The van der Waals surface area contributed by atoms with Crippen LogP contribution in [0.15, 0.2) is 111 Å². The zero-order valence-corrected chi connectivity index (χ0v) is 21.1. The van der Waals surface area contributed by atoms with Gasteiger partial charge in [0.05, 0.1) is 18.8 Å². The topological polar surface area (TPSA) is 55.4 Å². The van der Waals surface area contributed by atoms with Gasteiger partial charge in [-0.3, -0.25) is 0 Å². The maximum absolute atomic E-state index is 5.76. The van der Waals surface area contributed by atoms with E-state index in [2.05, 4.69) is 56.1 Å². The van der Waals surface area contributed by atoms with Crippen molar-refractivity contribution in [3.63, 3.8) is 0 Å². The van der Waals surface area contributed by atoms with Crippen molar-refractivity contribution in [3.05, 3.63) is 128 Å². The lowest BCUT2D eigenvalue weighted by Crippen LogP contribution is -2.07. The van der Waals surface area contributed by atoms with Crippen molar-refractivity contribution < 1.29 is 28.4 Å². The van der Waals surface area contributed by atoms with E-state index in [0.29, 0.717) is 39.6 Å². The first-order valence-corrected chi connectivity index (χ1v) is 12.1. The Kier molecular flexibility index (Phi) is 11.5. The van der Waals surface area contributed by atoms with Crippen molar-refractivity contribution in [1.29, 1.82) is 0 Å². The first-order valence-electron chi connectivity index (χ1n) is 12.1. The molecule has 0 aromatic heterocycles. The molecule has 6 nitrogen and oxygen atoms in total. The van der Waals surface area contributed by atoms with Gasteiger partial charge in [-0.15, -0.1) is 0 Å². The number of ether oxygens (including phenoxy) is 6. The van der Waals surface area contributed by atoms with Crippen molar-refractivity contribution in [2.75, 3.05) is 39.6 Å². The molecule has 0 atom stereocenters. The van der Waals surface area contributed by atoms with Crippen LogP contribution in [0.1, 0.15) is 22.6 Å². The molecule has 0 spiro atoms. The third kappa shape index (κ3) is 9.00. The highest BCUT2D eigenvalue weighted by atomic mass is 16.5. The molecule has 0 amide bonds. The minimum atomic E-state index is 0.00875. The Balaban J connectivity index is 1.78. The van der Waals surface area contributed by atoms with Crippen LogP contribution >= 0.6 is 0 Å². The van der Waals surface area contributed by atoms with Gasteiger partial charge in [-0.1, -0.05) is 56.1 Å². The van der Waals surface area contributed by atoms with E-state index in [0.717, 1.165) is 33.9 Å². The number of rotatable bonds is 18. The van der Waals surface area contributed by atoms with Gasteiger partial charge in [0.2, 0.25) is 0 Å². The van der Waals surface area contributed by atoms with Crippen molar-refractivity contribution in [2.45, 2.75) is 5.92 Å². The zero-order valence-electron chi connectivity index (χ0n) is 21.1. The van der Waals surface area contributed by atoms with Crippen LogP contribution in [0.25, 0.3) is 0 Å². The minimum Gasteiger partial charge on any atom is -0.498 e. The van der Waals surface area contributed by atoms with Gasteiger partial charge >= 0.3 is 0 Å². The Labute approximate surface area is 219 Å². The van der Waals surface area contributed by atoms with Gasteiger partial charge in [-0.05, 0) is 53.1 Å². The fourth-order valence-corrected chi connectivity index (χ4v) is 3.72. The standard InChI is InChI=1S/C31H34O6/c1-4-32-19-22-35-28-13-7-25(8-14-28)31(26-9-15-29(16-10-26)36-23-20-33-5-2)27-11-17-30(18-12-27)37-24-21-34-6-3/h4-18,31H,1-3,19-24H2. The second-order valence-corrected chi connectivity index (χ2v) is 7.80. The number of benzene rings is 3. The summed E-state index contributed by atoms with van der Waals surface area (Å²) in [6, 6.07) is 24.4. The second-order valence-electron chi connectivity index (χ2n) is 7.80. The Morgan fingerprint density at radius 2 is 0.703 bits per heavy atom. The molecule has 0 bridgehead atoms. The molecule has 0 aliphatic rings. The molecule has 0 aliphatic heterocycles. The lowest BCUT2D eigenvalue weighted by Gasteiger charge is -2.20. The van der Waals surface area contributed by atoms with Crippen LogP contribution in [0.4, 0.5) is 0 Å². The largest absolute Gasteiger partial charge is 0.498 e. The Morgan fingerprint density at radius 3 is 0.946 bits per heavy atom. The normalized spacial score (nSPS) is 10.3. The van der Waals surface area contributed by atoms with E-state index in [9.17, 15) is 0 Å². The molecule has 0 radical (unpaired) electrons. The Hall–Kier alpha value is -4.32. The predicted molar refractivity (Wildman–Crippen MR) is 145 cm³/mol. The fourth-order valence-electron chi connectivity index (χ4n) is 3.72. The maximum atomic E-state index is 5.76. The summed E-state index contributed by atoms with van der Waals surface area (Å²) in [6.45, 7) is 13.3. The van der Waals surface area contributed by atoms with Gasteiger partial charge in [0, 0.05) is 5.92 Å². The van der Waals surface area contributed by atoms with Gasteiger partial charge in [0.1, 0.15) is 56.9 Å². The molecule has 0 fully saturated rings. The molecule has 0 unspecified atom stereocenters. The smallest absolute Gasteiger partial charge is 0.122 e. The molecular formula is C31H34O6. The van der Waals surface area contributed by atoms with Gasteiger partial charge in [0.15, 0.2) is 0 Å². The molecule has 0 aliphatic carbocycles. The molecule has 37 heavy (non-hydrogen) atoms. The summed E-state index contributed by atoms with van der Waals surface area (Å²) in [5.74, 6) is 2.36. The number of hydrogen-bond donors (Lipinski definition) is 0. The van der Waals surface area contributed by atoms with E-state index in [-0.39, 0.29) is 5.92 Å². The highest BCUT2D eigenvalue weighted by Gasteiger charge is 2.17. The predicted octanol–water partition coefficient (Wildman–Crippen LogP) is 6.48. The molecule has 0 heterocycles. The average Bonchev–Trinajstić information content (AvgIpc) is 2.94. The Morgan fingerprint density at radius 1 is 0.432 bits per heavy atom. The molecule has 0 N–H and O–H groups in total. The fraction of sp³-hybridized carbons (Fsp3) is 0.226. The molecule has 3 aromatic carbocycles. The quantitative estimate of drug-likeness (QED) is 0.113. The van der Waals surface area contributed by atoms with Crippen LogP contribution in [0.2, 0.25) is 0 Å². The second kappa shape index (κ2) is 15.6. The van der Waals surface area contributed by atoms with Crippen LogP contribution in [0.5, 0.6) is 17.2 Å². The molecular weight excluding hydrogens is 468 g/mol. The Bertz CT molecular complexity index is 933. The van der Waals surface area contributed by atoms with E-state index in [1.807, 2.05) is 36.4 Å². The highest BCUT2D eigenvalue weighted by Crippen LogP contribution is 2.34. The lowest BCUT2D eigenvalue weighted by atomic mass is 9.85. The summed E-state index contributed by atoms with van der Waals surface area (Å²) < 4.78 is 32.6. The maximum Gasteiger partial charge on any atom is 0.122 e. The van der Waals surface area contributed by atoms with Crippen LogP contribution in [-0.2, 0) is 14.2 Å². The van der Waals surface area contributed by atoms with E-state index < -0.39 is 0 Å².